The summed E-state index contributed by atoms with van der Waals surface area (Å²) < 4.78 is 5.10. The summed E-state index contributed by atoms with van der Waals surface area (Å²) in [6.45, 7) is 1.90. The first kappa shape index (κ1) is 13.0. The van der Waals surface area contributed by atoms with Crippen LogP contribution >= 0.6 is 0 Å². The molecule has 1 aliphatic carbocycles. The van der Waals surface area contributed by atoms with E-state index in [4.69, 9.17) is 9.52 Å². The Kier molecular flexibility index (Phi) is 3.38. The Morgan fingerprint density at radius 3 is 2.60 bits per heavy atom. The van der Waals surface area contributed by atoms with Gasteiger partial charge in [0.2, 0.25) is 5.76 Å². The highest BCUT2D eigenvalue weighted by Gasteiger charge is 2.37. The third kappa shape index (κ3) is 2.50. The summed E-state index contributed by atoms with van der Waals surface area (Å²) in [5, 5.41) is 11.5. The fourth-order valence-electron chi connectivity index (χ4n) is 3.26. The van der Waals surface area contributed by atoms with E-state index in [2.05, 4.69) is 5.32 Å². The molecular formula is C14H18N2O4. The number of carboxylic acid groups (broad SMARTS) is 1. The van der Waals surface area contributed by atoms with Gasteiger partial charge in [0.25, 0.3) is 0 Å². The number of carbonyl (C=O) groups excluding carboxylic acids is 1. The number of hydrogen-bond donors (Lipinski definition) is 2. The van der Waals surface area contributed by atoms with Crippen molar-refractivity contribution in [3.63, 3.8) is 0 Å². The molecule has 2 N–H and O–H groups in total. The zero-order valence-electron chi connectivity index (χ0n) is 11.2. The van der Waals surface area contributed by atoms with Gasteiger partial charge in [0.1, 0.15) is 5.76 Å². The number of hydrogen-bond acceptors (Lipinski definition) is 3. The number of nitrogens with zero attached hydrogens (tertiary/aromatic N) is 1. The Morgan fingerprint density at radius 2 is 2.00 bits per heavy atom. The Bertz CT molecular complexity index is 513. The first-order valence-corrected chi connectivity index (χ1v) is 6.98. The number of urea groups is 1. The molecule has 20 heavy (non-hydrogen) atoms. The van der Waals surface area contributed by atoms with Crippen LogP contribution in [0.2, 0.25) is 0 Å². The van der Waals surface area contributed by atoms with E-state index < -0.39 is 5.97 Å². The zero-order chi connectivity index (χ0) is 14.1. The maximum absolute atomic E-state index is 12.0. The van der Waals surface area contributed by atoms with Crippen LogP contribution in [0.5, 0.6) is 0 Å². The van der Waals surface area contributed by atoms with Gasteiger partial charge in [0, 0.05) is 13.1 Å². The minimum atomic E-state index is -1.10. The van der Waals surface area contributed by atoms with Crippen LogP contribution < -0.4 is 5.32 Å². The second-order valence-corrected chi connectivity index (χ2v) is 5.59. The van der Waals surface area contributed by atoms with Crippen LogP contribution in [0.25, 0.3) is 0 Å². The van der Waals surface area contributed by atoms with Crippen LogP contribution in [-0.2, 0) is 6.54 Å². The van der Waals surface area contributed by atoms with Gasteiger partial charge in [-0.05, 0) is 36.8 Å². The lowest BCUT2D eigenvalue weighted by Gasteiger charge is -2.17. The van der Waals surface area contributed by atoms with Gasteiger partial charge in [-0.2, -0.15) is 0 Å². The van der Waals surface area contributed by atoms with E-state index in [0.29, 0.717) is 17.6 Å². The van der Waals surface area contributed by atoms with Gasteiger partial charge >= 0.3 is 12.0 Å². The molecule has 2 fully saturated rings. The van der Waals surface area contributed by atoms with Crippen molar-refractivity contribution in [1.82, 2.24) is 10.2 Å². The predicted octanol–water partition coefficient (Wildman–Crippen LogP) is 1.92. The van der Waals surface area contributed by atoms with Crippen LogP contribution in [0.3, 0.4) is 0 Å². The lowest BCUT2D eigenvalue weighted by atomic mass is 10.0. The molecule has 0 bridgehead atoms. The molecule has 2 atom stereocenters. The quantitative estimate of drug-likeness (QED) is 0.884. The van der Waals surface area contributed by atoms with Crippen molar-refractivity contribution in [2.75, 3.05) is 13.1 Å². The van der Waals surface area contributed by atoms with E-state index in [1.807, 2.05) is 4.90 Å². The highest BCUT2D eigenvalue weighted by molar-refractivity contribution is 5.84. The Morgan fingerprint density at radius 1 is 1.30 bits per heavy atom. The summed E-state index contributed by atoms with van der Waals surface area (Å²) >= 11 is 0. The van der Waals surface area contributed by atoms with Crippen molar-refractivity contribution in [2.45, 2.75) is 25.8 Å². The molecule has 2 unspecified atom stereocenters. The summed E-state index contributed by atoms with van der Waals surface area (Å²) in [6.07, 6.45) is 3.75. The molecule has 2 amide bonds. The topological polar surface area (TPSA) is 82.8 Å². The Labute approximate surface area is 116 Å². The molecule has 0 spiro atoms. The molecule has 0 radical (unpaired) electrons. The SMILES string of the molecule is O=C(O)c1ccc(CNC(=O)N2CC3CCCC3C2)o1. The lowest BCUT2D eigenvalue weighted by Crippen LogP contribution is -2.38. The molecule has 108 valence electrons. The standard InChI is InChI=1S/C14H18N2O4/c17-13(18)12-5-4-11(20-12)6-15-14(19)16-7-9-2-1-3-10(9)8-16/h4-5,9-10H,1-3,6-8H2,(H,15,19)(H,17,18). The van der Waals surface area contributed by atoms with Crippen molar-refractivity contribution in [3.05, 3.63) is 23.7 Å². The maximum Gasteiger partial charge on any atom is 0.371 e. The van der Waals surface area contributed by atoms with Gasteiger partial charge in [-0.3, -0.25) is 0 Å². The fraction of sp³-hybridized carbons (Fsp3) is 0.571. The molecule has 1 saturated carbocycles. The number of amides is 2. The van der Waals surface area contributed by atoms with Gasteiger partial charge in [0.15, 0.2) is 0 Å². The normalized spacial score (nSPS) is 24.7. The van der Waals surface area contributed by atoms with Crippen molar-refractivity contribution in [1.29, 1.82) is 0 Å². The third-order valence-corrected chi connectivity index (χ3v) is 4.30. The molecule has 1 aliphatic heterocycles. The van der Waals surface area contributed by atoms with Crippen LogP contribution in [-0.4, -0.2) is 35.1 Å². The number of aromatic carboxylic acids is 1. The number of furan rings is 1. The summed E-state index contributed by atoms with van der Waals surface area (Å²) in [4.78, 5) is 24.6. The van der Waals surface area contributed by atoms with Crippen LogP contribution in [0.15, 0.2) is 16.5 Å². The molecule has 0 aromatic carbocycles. The van der Waals surface area contributed by atoms with E-state index >= 15 is 0 Å². The Balaban J connectivity index is 1.50. The molecule has 6 heteroatoms. The summed E-state index contributed by atoms with van der Waals surface area (Å²) in [5.74, 6) is 0.584. The van der Waals surface area contributed by atoms with Crippen molar-refractivity contribution in [2.24, 2.45) is 11.8 Å². The average Bonchev–Trinajstić information content (AvgIpc) is 3.10. The summed E-state index contributed by atoms with van der Waals surface area (Å²) in [5.41, 5.74) is 0. The zero-order valence-corrected chi connectivity index (χ0v) is 11.2. The fourth-order valence-corrected chi connectivity index (χ4v) is 3.26. The molecule has 3 rings (SSSR count). The van der Waals surface area contributed by atoms with Gasteiger partial charge in [0.05, 0.1) is 6.54 Å². The van der Waals surface area contributed by atoms with Crippen molar-refractivity contribution >= 4 is 12.0 Å². The van der Waals surface area contributed by atoms with Crippen LogP contribution in [0.1, 0.15) is 35.6 Å². The van der Waals surface area contributed by atoms with Crippen molar-refractivity contribution in [3.8, 4) is 0 Å². The van der Waals surface area contributed by atoms with E-state index in [1.54, 1.807) is 6.07 Å². The smallest absolute Gasteiger partial charge is 0.371 e. The summed E-state index contributed by atoms with van der Waals surface area (Å²) in [7, 11) is 0. The number of nitrogens with one attached hydrogen (secondary N) is 1. The number of likely N-dealkylation sites (tertiary alicyclic amines) is 1. The summed E-state index contributed by atoms with van der Waals surface area (Å²) in [6, 6.07) is 2.87. The highest BCUT2D eigenvalue weighted by Crippen LogP contribution is 2.37. The molecule has 1 aromatic heterocycles. The van der Waals surface area contributed by atoms with E-state index in [-0.39, 0.29) is 18.3 Å². The maximum atomic E-state index is 12.0. The lowest BCUT2D eigenvalue weighted by molar-refractivity contribution is 0.0660. The first-order valence-electron chi connectivity index (χ1n) is 6.98. The third-order valence-electron chi connectivity index (χ3n) is 4.30. The van der Waals surface area contributed by atoms with Gasteiger partial charge in [-0.15, -0.1) is 0 Å². The van der Waals surface area contributed by atoms with E-state index in [1.165, 1.54) is 25.3 Å². The molecule has 1 aromatic rings. The predicted molar refractivity (Wildman–Crippen MR) is 70.3 cm³/mol. The van der Waals surface area contributed by atoms with Crippen molar-refractivity contribution < 1.29 is 19.1 Å². The molecule has 2 aliphatic rings. The van der Waals surface area contributed by atoms with Gasteiger partial charge < -0.3 is 19.7 Å². The van der Waals surface area contributed by atoms with Crippen LogP contribution in [0.4, 0.5) is 4.79 Å². The second kappa shape index (κ2) is 5.19. The second-order valence-electron chi connectivity index (χ2n) is 5.59. The molecule has 2 heterocycles. The molecular weight excluding hydrogens is 260 g/mol. The number of carbonyl (C=O) groups is 2. The first-order chi connectivity index (χ1) is 9.63. The van der Waals surface area contributed by atoms with Crippen LogP contribution in [0, 0.1) is 11.8 Å². The van der Waals surface area contributed by atoms with Gasteiger partial charge in [-0.25, -0.2) is 9.59 Å². The van der Waals surface area contributed by atoms with E-state index in [0.717, 1.165) is 13.1 Å². The molecule has 1 saturated heterocycles. The monoisotopic (exact) mass is 278 g/mol. The Hall–Kier alpha value is -1.98. The number of carboxylic acids is 1. The highest BCUT2D eigenvalue weighted by atomic mass is 16.4. The van der Waals surface area contributed by atoms with E-state index in [9.17, 15) is 9.59 Å². The van der Waals surface area contributed by atoms with Gasteiger partial charge in [-0.1, -0.05) is 6.42 Å². The minimum absolute atomic E-state index is 0.0901. The average molecular weight is 278 g/mol. The molecule has 6 nitrogen and oxygen atoms in total. The number of rotatable bonds is 3. The largest absolute Gasteiger partial charge is 0.475 e. The minimum Gasteiger partial charge on any atom is -0.475 e. The number of fused-ring (bicyclic) bond motifs is 1.